The number of nitrogens with one attached hydrogen (secondary N) is 1. The number of aldehydes is 1. The average molecular weight is 395 g/mol. The van der Waals surface area contributed by atoms with Crippen LogP contribution >= 0.6 is 0 Å². The van der Waals surface area contributed by atoms with Crippen molar-refractivity contribution in [2.75, 3.05) is 32.4 Å². The van der Waals surface area contributed by atoms with Crippen LogP contribution in [0.4, 0.5) is 0 Å². The molecule has 1 N–H and O–H groups in total. The number of amides is 2. The number of carbonyl (C=O) groups is 3. The third-order valence-corrected chi connectivity index (χ3v) is 5.78. The molecule has 1 fully saturated rings. The van der Waals surface area contributed by atoms with Gasteiger partial charge in [-0.3, -0.25) is 9.59 Å². The molecule has 9 heteroatoms. The van der Waals surface area contributed by atoms with Crippen LogP contribution in [0.3, 0.4) is 0 Å². The van der Waals surface area contributed by atoms with Gasteiger partial charge in [0.05, 0.1) is 6.26 Å². The maximum atomic E-state index is 12.9. The van der Waals surface area contributed by atoms with E-state index in [-0.39, 0.29) is 38.0 Å². The third-order valence-electron chi connectivity index (χ3n) is 4.47. The van der Waals surface area contributed by atoms with Gasteiger partial charge in [-0.25, -0.2) is 8.42 Å². The Labute approximate surface area is 159 Å². The quantitative estimate of drug-likeness (QED) is 0.502. The first-order chi connectivity index (χ1) is 12.8. The van der Waals surface area contributed by atoms with Crippen LogP contribution in [0.1, 0.15) is 29.6 Å². The monoisotopic (exact) mass is 395 g/mol. The fourth-order valence-corrected chi connectivity index (χ4v) is 3.78. The van der Waals surface area contributed by atoms with Gasteiger partial charge in [0.2, 0.25) is 15.9 Å². The molecule has 0 bridgehead atoms. The number of hydrogen-bond donors (Lipinski definition) is 1. The summed E-state index contributed by atoms with van der Waals surface area (Å²) < 4.78 is 24.5. The lowest BCUT2D eigenvalue weighted by molar-refractivity contribution is -0.134. The van der Waals surface area contributed by atoms with Crippen LogP contribution in [0.25, 0.3) is 0 Å². The summed E-state index contributed by atoms with van der Waals surface area (Å²) in [5.41, 5.74) is 0.451. The normalized spacial score (nSPS) is 16.6. The Balaban J connectivity index is 2.03. The number of piperazine rings is 1. The molecule has 1 atom stereocenters. The molecule has 0 saturated carbocycles. The van der Waals surface area contributed by atoms with Crippen LogP contribution in [0.15, 0.2) is 30.3 Å². The Hall–Kier alpha value is -2.26. The van der Waals surface area contributed by atoms with Gasteiger partial charge in [0.15, 0.2) is 0 Å². The number of hydrogen-bond acceptors (Lipinski definition) is 5. The van der Waals surface area contributed by atoms with E-state index in [9.17, 15) is 22.8 Å². The van der Waals surface area contributed by atoms with Crippen molar-refractivity contribution in [1.29, 1.82) is 0 Å². The Morgan fingerprint density at radius 3 is 2.33 bits per heavy atom. The second-order valence-corrected chi connectivity index (χ2v) is 8.46. The molecule has 148 valence electrons. The molecule has 27 heavy (non-hydrogen) atoms. The van der Waals surface area contributed by atoms with E-state index in [2.05, 4.69) is 5.32 Å². The second-order valence-electron chi connectivity index (χ2n) is 6.48. The molecule has 0 aliphatic carbocycles. The highest BCUT2D eigenvalue weighted by Crippen LogP contribution is 2.11. The zero-order valence-electron chi connectivity index (χ0n) is 15.3. The van der Waals surface area contributed by atoms with Crippen molar-refractivity contribution in [2.45, 2.75) is 25.3 Å². The van der Waals surface area contributed by atoms with Gasteiger partial charge in [-0.2, -0.15) is 4.31 Å². The summed E-state index contributed by atoms with van der Waals surface area (Å²) in [6.45, 7) is 1.02. The van der Waals surface area contributed by atoms with Crippen molar-refractivity contribution in [3.8, 4) is 0 Å². The number of unbranched alkanes of at least 4 members (excludes halogenated alkanes) is 1. The van der Waals surface area contributed by atoms with Crippen LogP contribution in [0.2, 0.25) is 0 Å². The number of benzene rings is 1. The highest BCUT2D eigenvalue weighted by Gasteiger charge is 2.30. The molecule has 2 amide bonds. The van der Waals surface area contributed by atoms with E-state index < -0.39 is 16.1 Å². The minimum absolute atomic E-state index is 0.234. The van der Waals surface area contributed by atoms with Crippen molar-refractivity contribution in [3.63, 3.8) is 0 Å². The summed E-state index contributed by atoms with van der Waals surface area (Å²) in [6, 6.07) is 7.85. The van der Waals surface area contributed by atoms with E-state index in [0.29, 0.717) is 24.8 Å². The van der Waals surface area contributed by atoms with Crippen LogP contribution in [-0.2, 0) is 19.6 Å². The van der Waals surface area contributed by atoms with Gasteiger partial charge < -0.3 is 15.0 Å². The van der Waals surface area contributed by atoms with Crippen LogP contribution in [-0.4, -0.2) is 74.2 Å². The van der Waals surface area contributed by atoms with Crippen molar-refractivity contribution < 1.29 is 22.8 Å². The minimum Gasteiger partial charge on any atom is -0.340 e. The Morgan fingerprint density at radius 1 is 1.15 bits per heavy atom. The smallest absolute Gasteiger partial charge is 0.251 e. The highest BCUT2D eigenvalue weighted by atomic mass is 32.2. The first kappa shape index (κ1) is 21.0. The van der Waals surface area contributed by atoms with Crippen LogP contribution in [0.5, 0.6) is 0 Å². The Kier molecular flexibility index (Phi) is 7.49. The van der Waals surface area contributed by atoms with Gasteiger partial charge in [0, 0.05) is 38.2 Å². The number of nitrogens with zero attached hydrogens (tertiary/aromatic N) is 2. The maximum Gasteiger partial charge on any atom is 0.251 e. The lowest BCUT2D eigenvalue weighted by atomic mass is 10.1. The molecule has 0 radical (unpaired) electrons. The van der Waals surface area contributed by atoms with Gasteiger partial charge in [-0.1, -0.05) is 18.2 Å². The average Bonchev–Trinajstić information content (AvgIpc) is 2.67. The molecule has 1 aliphatic rings. The molecular formula is C18H25N3O5S. The largest absolute Gasteiger partial charge is 0.340 e. The van der Waals surface area contributed by atoms with E-state index in [0.717, 1.165) is 12.5 Å². The van der Waals surface area contributed by atoms with Gasteiger partial charge in [-0.05, 0) is 25.0 Å². The first-order valence-corrected chi connectivity index (χ1v) is 10.7. The van der Waals surface area contributed by atoms with E-state index in [4.69, 9.17) is 0 Å². The Bertz CT molecular complexity index is 758. The molecule has 1 heterocycles. The molecule has 1 saturated heterocycles. The van der Waals surface area contributed by atoms with Crippen LogP contribution < -0.4 is 5.32 Å². The van der Waals surface area contributed by atoms with Gasteiger partial charge in [-0.15, -0.1) is 0 Å². The number of sulfonamides is 1. The van der Waals surface area contributed by atoms with E-state index in [1.807, 2.05) is 0 Å². The van der Waals surface area contributed by atoms with Gasteiger partial charge >= 0.3 is 0 Å². The molecule has 0 spiro atoms. The molecule has 0 aromatic heterocycles. The van der Waals surface area contributed by atoms with Gasteiger partial charge in [0.25, 0.3) is 5.91 Å². The molecular weight excluding hydrogens is 370 g/mol. The van der Waals surface area contributed by atoms with Crippen molar-refractivity contribution >= 4 is 28.1 Å². The zero-order chi connectivity index (χ0) is 19.9. The maximum absolute atomic E-state index is 12.9. The van der Waals surface area contributed by atoms with Gasteiger partial charge in [0.1, 0.15) is 12.3 Å². The standard InChI is InChI=1S/C18H25N3O5S/c1-27(25,26)21-12-10-20(11-13-21)18(24)16(9-5-6-14-22)19-17(23)15-7-3-2-4-8-15/h2-4,7-8,14,16H,5-6,9-13H2,1H3,(H,19,23)/t16-/m0/s1. The summed E-state index contributed by atoms with van der Waals surface area (Å²) in [4.78, 5) is 37.4. The highest BCUT2D eigenvalue weighted by molar-refractivity contribution is 7.88. The summed E-state index contributed by atoms with van der Waals surface area (Å²) in [5, 5.41) is 2.75. The van der Waals surface area contributed by atoms with E-state index in [1.54, 1.807) is 35.2 Å². The van der Waals surface area contributed by atoms with Crippen molar-refractivity contribution in [2.24, 2.45) is 0 Å². The number of rotatable bonds is 8. The van der Waals surface area contributed by atoms with E-state index in [1.165, 1.54) is 4.31 Å². The molecule has 2 rings (SSSR count). The zero-order valence-corrected chi connectivity index (χ0v) is 16.2. The third kappa shape index (κ3) is 6.14. The fourth-order valence-electron chi connectivity index (χ4n) is 2.95. The summed E-state index contributed by atoms with van der Waals surface area (Å²) in [7, 11) is -3.28. The van der Waals surface area contributed by atoms with Crippen LogP contribution in [0, 0.1) is 0 Å². The predicted octanol–water partition coefficient (Wildman–Crippen LogP) is 0.258. The SMILES string of the molecule is CS(=O)(=O)N1CCN(C(=O)[C@H](CCCC=O)NC(=O)c2ccccc2)CC1. The predicted molar refractivity (Wildman–Crippen MR) is 101 cm³/mol. The Morgan fingerprint density at radius 2 is 1.78 bits per heavy atom. The molecule has 8 nitrogen and oxygen atoms in total. The van der Waals surface area contributed by atoms with Crippen molar-refractivity contribution in [3.05, 3.63) is 35.9 Å². The summed E-state index contributed by atoms with van der Waals surface area (Å²) in [5.74, 6) is -0.604. The summed E-state index contributed by atoms with van der Waals surface area (Å²) >= 11 is 0. The van der Waals surface area contributed by atoms with E-state index >= 15 is 0 Å². The first-order valence-electron chi connectivity index (χ1n) is 8.86. The number of carbonyl (C=O) groups excluding carboxylic acids is 3. The molecule has 1 aromatic carbocycles. The fraction of sp³-hybridized carbons (Fsp3) is 0.500. The topological polar surface area (TPSA) is 104 Å². The lowest BCUT2D eigenvalue weighted by Crippen LogP contribution is -2.55. The molecule has 0 unspecified atom stereocenters. The second kappa shape index (κ2) is 9.61. The molecule has 1 aromatic rings. The minimum atomic E-state index is -3.28. The summed E-state index contributed by atoms with van der Waals surface area (Å²) in [6.07, 6.45) is 3.08. The molecule has 1 aliphatic heterocycles. The van der Waals surface area contributed by atoms with Crippen molar-refractivity contribution in [1.82, 2.24) is 14.5 Å². The lowest BCUT2D eigenvalue weighted by Gasteiger charge is -2.35.